The molecule has 0 saturated heterocycles. The molecule has 66 valence electrons. The zero-order valence-electron chi connectivity index (χ0n) is 7.18. The lowest BCUT2D eigenvalue weighted by Gasteiger charge is -1.97. The first-order valence-electron chi connectivity index (χ1n) is 3.91. The van der Waals surface area contributed by atoms with Crippen molar-refractivity contribution in [3.8, 4) is 11.3 Å². The van der Waals surface area contributed by atoms with Crippen molar-refractivity contribution in [1.29, 1.82) is 0 Å². The van der Waals surface area contributed by atoms with Crippen LogP contribution in [-0.2, 0) is 7.05 Å². The summed E-state index contributed by atoms with van der Waals surface area (Å²) in [7, 11) is 1.86. The fraction of sp³-hybridized carbons (Fsp3) is 0.111. The third kappa shape index (κ3) is 1.45. The number of hydrogen-bond acceptors (Lipinski definition) is 3. The maximum Gasteiger partial charge on any atom is 0.100 e. The molecule has 2 rings (SSSR count). The van der Waals surface area contributed by atoms with Crippen LogP contribution in [0.15, 0.2) is 35.6 Å². The van der Waals surface area contributed by atoms with Gasteiger partial charge in [-0.25, -0.2) is 0 Å². The Balaban J connectivity index is 2.53. The first-order valence-corrected chi connectivity index (χ1v) is 4.36. The monoisotopic (exact) mass is 191 g/mol. The minimum Gasteiger partial charge on any atom is -0.262 e. The fourth-order valence-corrected chi connectivity index (χ4v) is 1.36. The molecule has 2 heterocycles. The molecular weight excluding hydrogens is 182 g/mol. The molecule has 0 aromatic carbocycles. The van der Waals surface area contributed by atoms with E-state index in [1.165, 1.54) is 0 Å². The van der Waals surface area contributed by atoms with Gasteiger partial charge in [-0.15, -0.1) is 12.6 Å². The summed E-state index contributed by atoms with van der Waals surface area (Å²) in [5, 5.41) is 4.92. The molecule has 0 saturated carbocycles. The summed E-state index contributed by atoms with van der Waals surface area (Å²) in [5.41, 5.74) is 1.87. The molecule has 2 aromatic rings. The summed E-state index contributed by atoms with van der Waals surface area (Å²) in [6.45, 7) is 0. The van der Waals surface area contributed by atoms with Crippen molar-refractivity contribution < 1.29 is 0 Å². The van der Waals surface area contributed by atoms with Gasteiger partial charge in [-0.3, -0.25) is 9.67 Å². The van der Waals surface area contributed by atoms with Crippen LogP contribution in [0.1, 0.15) is 0 Å². The molecule has 0 aliphatic heterocycles. The van der Waals surface area contributed by atoms with Gasteiger partial charge < -0.3 is 0 Å². The Hall–Kier alpha value is -1.29. The van der Waals surface area contributed by atoms with E-state index in [0.717, 1.165) is 16.3 Å². The highest BCUT2D eigenvalue weighted by Crippen LogP contribution is 2.22. The molecule has 3 nitrogen and oxygen atoms in total. The highest BCUT2D eigenvalue weighted by atomic mass is 32.1. The zero-order valence-corrected chi connectivity index (χ0v) is 8.07. The first-order chi connectivity index (χ1) is 6.29. The number of rotatable bonds is 1. The number of aromatic nitrogens is 3. The summed E-state index contributed by atoms with van der Waals surface area (Å²) in [6.07, 6.45) is 3.53. The van der Waals surface area contributed by atoms with E-state index >= 15 is 0 Å². The van der Waals surface area contributed by atoms with Crippen molar-refractivity contribution in [3.63, 3.8) is 0 Å². The van der Waals surface area contributed by atoms with Crippen LogP contribution in [0.3, 0.4) is 0 Å². The summed E-state index contributed by atoms with van der Waals surface area (Å²) >= 11 is 4.33. The van der Waals surface area contributed by atoms with Crippen LogP contribution in [0, 0.1) is 0 Å². The third-order valence-corrected chi connectivity index (χ3v) is 2.38. The van der Waals surface area contributed by atoms with E-state index in [1.807, 2.05) is 25.2 Å². The van der Waals surface area contributed by atoms with Crippen LogP contribution in [0.5, 0.6) is 0 Å². The lowest BCUT2D eigenvalue weighted by molar-refractivity contribution is 0.701. The van der Waals surface area contributed by atoms with Crippen molar-refractivity contribution in [1.82, 2.24) is 14.8 Å². The average Bonchev–Trinajstić information content (AvgIpc) is 2.49. The van der Waals surface area contributed by atoms with E-state index in [-0.39, 0.29) is 0 Å². The largest absolute Gasteiger partial charge is 0.262 e. The van der Waals surface area contributed by atoms with Gasteiger partial charge in [0.25, 0.3) is 0 Å². The topological polar surface area (TPSA) is 30.7 Å². The standard InChI is InChI=1S/C9H9N3S/c1-12-9(13)7(6-11-12)8-4-2-3-5-10-8/h2-6,13H,1H3. The predicted octanol–water partition coefficient (Wildman–Crippen LogP) is 1.77. The van der Waals surface area contributed by atoms with Crippen LogP contribution < -0.4 is 0 Å². The van der Waals surface area contributed by atoms with Gasteiger partial charge in [0.15, 0.2) is 0 Å². The van der Waals surface area contributed by atoms with Crippen LogP contribution in [0.4, 0.5) is 0 Å². The number of hydrogen-bond donors (Lipinski definition) is 1. The van der Waals surface area contributed by atoms with Gasteiger partial charge in [-0.1, -0.05) is 6.07 Å². The molecule has 13 heavy (non-hydrogen) atoms. The predicted molar refractivity (Wildman–Crippen MR) is 53.7 cm³/mol. The van der Waals surface area contributed by atoms with Crippen molar-refractivity contribution in [3.05, 3.63) is 30.6 Å². The van der Waals surface area contributed by atoms with E-state index in [2.05, 4.69) is 22.7 Å². The summed E-state index contributed by atoms with van der Waals surface area (Å²) in [4.78, 5) is 4.22. The smallest absolute Gasteiger partial charge is 0.100 e. The third-order valence-electron chi connectivity index (χ3n) is 1.85. The maximum atomic E-state index is 4.33. The van der Waals surface area contributed by atoms with Crippen LogP contribution >= 0.6 is 12.6 Å². The van der Waals surface area contributed by atoms with Gasteiger partial charge >= 0.3 is 0 Å². The molecule has 0 N–H and O–H groups in total. The van der Waals surface area contributed by atoms with Gasteiger partial charge in [-0.2, -0.15) is 5.10 Å². The Bertz CT molecular complexity index is 408. The molecule has 4 heteroatoms. The minimum absolute atomic E-state index is 0.832. The van der Waals surface area contributed by atoms with Crippen molar-refractivity contribution in [2.75, 3.05) is 0 Å². The molecule has 0 unspecified atom stereocenters. The number of pyridine rings is 1. The molecule has 0 spiro atoms. The number of thiol groups is 1. The first kappa shape index (κ1) is 8.31. The molecule has 0 bridgehead atoms. The van der Waals surface area contributed by atoms with E-state index in [1.54, 1.807) is 17.1 Å². The highest BCUT2D eigenvalue weighted by Gasteiger charge is 2.06. The molecule has 0 aliphatic carbocycles. The van der Waals surface area contributed by atoms with E-state index < -0.39 is 0 Å². The van der Waals surface area contributed by atoms with E-state index in [9.17, 15) is 0 Å². The molecule has 0 fully saturated rings. The van der Waals surface area contributed by atoms with E-state index in [0.29, 0.717) is 0 Å². The van der Waals surface area contributed by atoms with Gasteiger partial charge in [0, 0.05) is 13.2 Å². The van der Waals surface area contributed by atoms with Crippen LogP contribution in [0.25, 0.3) is 11.3 Å². The maximum absolute atomic E-state index is 4.33. The lowest BCUT2D eigenvalue weighted by Crippen LogP contribution is -1.89. The SMILES string of the molecule is Cn1ncc(-c2ccccn2)c1S. The van der Waals surface area contributed by atoms with Crippen molar-refractivity contribution >= 4 is 12.6 Å². The second-order valence-corrected chi connectivity index (χ2v) is 3.14. The van der Waals surface area contributed by atoms with Crippen LogP contribution in [-0.4, -0.2) is 14.8 Å². The van der Waals surface area contributed by atoms with Gasteiger partial charge in [-0.05, 0) is 12.1 Å². The number of nitrogens with zero attached hydrogens (tertiary/aromatic N) is 3. The molecule has 0 aliphatic rings. The molecule has 0 amide bonds. The fourth-order valence-electron chi connectivity index (χ4n) is 1.13. The van der Waals surface area contributed by atoms with E-state index in [4.69, 9.17) is 0 Å². The van der Waals surface area contributed by atoms with Crippen molar-refractivity contribution in [2.24, 2.45) is 7.05 Å². The Morgan fingerprint density at radius 3 is 2.77 bits per heavy atom. The minimum atomic E-state index is 0.832. The molecule has 2 aromatic heterocycles. The molecular formula is C9H9N3S. The Kier molecular flexibility index (Phi) is 2.06. The van der Waals surface area contributed by atoms with Gasteiger partial charge in [0.05, 0.1) is 17.5 Å². The number of aryl methyl sites for hydroxylation is 1. The Morgan fingerprint density at radius 2 is 2.23 bits per heavy atom. The van der Waals surface area contributed by atoms with Crippen LogP contribution in [0.2, 0.25) is 0 Å². The highest BCUT2D eigenvalue weighted by molar-refractivity contribution is 7.80. The molecule has 0 atom stereocenters. The molecule has 0 radical (unpaired) electrons. The normalized spacial score (nSPS) is 10.3. The quantitative estimate of drug-likeness (QED) is 0.696. The summed E-state index contributed by atoms with van der Waals surface area (Å²) in [6, 6.07) is 5.78. The summed E-state index contributed by atoms with van der Waals surface area (Å²) in [5.74, 6) is 0. The van der Waals surface area contributed by atoms with Gasteiger partial charge in [0.2, 0.25) is 0 Å². The second kappa shape index (κ2) is 3.22. The summed E-state index contributed by atoms with van der Waals surface area (Å²) < 4.78 is 1.72. The van der Waals surface area contributed by atoms with Crippen molar-refractivity contribution in [2.45, 2.75) is 5.03 Å². The zero-order chi connectivity index (χ0) is 9.26. The Labute approximate surface area is 81.8 Å². The second-order valence-electron chi connectivity index (χ2n) is 2.72. The lowest BCUT2D eigenvalue weighted by atomic mass is 10.2. The average molecular weight is 191 g/mol. The Morgan fingerprint density at radius 1 is 1.38 bits per heavy atom. The van der Waals surface area contributed by atoms with Gasteiger partial charge in [0.1, 0.15) is 5.03 Å².